The highest BCUT2D eigenvalue weighted by Gasteiger charge is 2.34. The molecule has 0 saturated carbocycles. The van der Waals surface area contributed by atoms with Gasteiger partial charge in [-0.2, -0.15) is 0 Å². The van der Waals surface area contributed by atoms with Crippen LogP contribution in [0.15, 0.2) is 113 Å². The van der Waals surface area contributed by atoms with Crippen LogP contribution in [0.2, 0.25) is 0 Å². The summed E-state index contributed by atoms with van der Waals surface area (Å²) in [6.07, 6.45) is 2.92. The number of carbonyl (C=O) groups excluding carboxylic acids is 2. The second-order valence-corrected chi connectivity index (χ2v) is 11.9. The molecule has 0 amide bonds. The van der Waals surface area contributed by atoms with E-state index >= 15 is 0 Å². The first-order valence-corrected chi connectivity index (χ1v) is 15.1. The Balaban J connectivity index is 1.10. The number of Topliss-reactive ketones (excluding diaryl/α,β-unsaturated/α-hetero) is 2. The van der Waals surface area contributed by atoms with E-state index in [4.69, 9.17) is 4.42 Å². The molecule has 47 heavy (non-hydrogen) atoms. The van der Waals surface area contributed by atoms with Crippen LogP contribution >= 0.6 is 11.3 Å². The Morgan fingerprint density at radius 3 is 1.83 bits per heavy atom. The van der Waals surface area contributed by atoms with Crippen molar-refractivity contribution in [3.8, 4) is 10.4 Å². The maximum atomic E-state index is 13.7. The number of ketones is 2. The summed E-state index contributed by atoms with van der Waals surface area (Å²) in [6, 6.07) is 24.6. The van der Waals surface area contributed by atoms with Crippen LogP contribution < -0.4 is 4.90 Å². The Labute approximate surface area is 267 Å². The van der Waals surface area contributed by atoms with Gasteiger partial charge in [-0.05, 0) is 91.0 Å². The van der Waals surface area contributed by atoms with E-state index in [1.54, 1.807) is 42.6 Å². The lowest BCUT2D eigenvalue weighted by Gasteiger charge is -2.25. The van der Waals surface area contributed by atoms with Crippen LogP contribution in [-0.4, -0.2) is 16.6 Å². The molecule has 0 N–H and O–H groups in total. The first-order valence-electron chi connectivity index (χ1n) is 14.3. The molecule has 8 rings (SSSR count). The van der Waals surface area contributed by atoms with Crippen LogP contribution in [0.1, 0.15) is 26.4 Å². The number of carbonyl (C=O) groups is 2. The van der Waals surface area contributed by atoms with Crippen molar-refractivity contribution in [1.82, 2.24) is 4.98 Å². The number of halogens is 4. The fourth-order valence-electron chi connectivity index (χ4n) is 5.68. The predicted molar refractivity (Wildman–Crippen MR) is 172 cm³/mol. The molecule has 0 unspecified atom stereocenters. The molecule has 0 atom stereocenters. The molecule has 0 fully saturated rings. The highest BCUT2D eigenvalue weighted by Crippen LogP contribution is 2.43. The van der Waals surface area contributed by atoms with E-state index in [0.717, 1.165) is 38.3 Å². The third-order valence-corrected chi connectivity index (χ3v) is 9.16. The predicted octanol–water partition coefficient (Wildman–Crippen LogP) is 10.2. The minimum absolute atomic E-state index is 0.170. The van der Waals surface area contributed by atoms with Gasteiger partial charge in [-0.25, -0.2) is 17.6 Å². The van der Waals surface area contributed by atoms with Crippen LogP contribution in [0.5, 0.6) is 0 Å². The maximum absolute atomic E-state index is 13.7. The summed E-state index contributed by atoms with van der Waals surface area (Å²) in [4.78, 5) is 32.6. The van der Waals surface area contributed by atoms with Gasteiger partial charge in [-0.1, -0.05) is 0 Å². The second kappa shape index (κ2) is 10.9. The number of nitrogens with zero attached hydrogens (tertiary/aromatic N) is 2. The number of thiophene rings is 1. The molecule has 7 aromatic rings. The molecule has 1 aliphatic carbocycles. The summed E-state index contributed by atoms with van der Waals surface area (Å²) in [6.45, 7) is 0. The fraction of sp³-hybridized carbons (Fsp3) is 0. The standard InChI is InChI=1S/C37H18F4N2O3S/c38-20-2-7-23(8-3-20)43(24-9-4-21(39)5-10-24)25-11-12-26-32(14-25)46-33-17-34(47-37(26)33)19-1-6-22(42-18-19)13-29-35(44)27-15-30(40)31(41)16-28(27)36(29)45/h1-18H. The van der Waals surface area contributed by atoms with Crippen molar-refractivity contribution < 1.29 is 31.6 Å². The fourth-order valence-corrected chi connectivity index (χ4v) is 6.78. The van der Waals surface area contributed by atoms with Crippen molar-refractivity contribution >= 4 is 67.3 Å². The van der Waals surface area contributed by atoms with Gasteiger partial charge in [0.15, 0.2) is 23.2 Å². The molecule has 10 heteroatoms. The molecule has 4 aromatic carbocycles. The van der Waals surface area contributed by atoms with Crippen LogP contribution in [-0.2, 0) is 0 Å². The Kier molecular flexibility index (Phi) is 6.62. The zero-order valence-corrected chi connectivity index (χ0v) is 24.7. The number of furan rings is 1. The van der Waals surface area contributed by atoms with E-state index in [2.05, 4.69) is 4.98 Å². The molecule has 3 aromatic heterocycles. The average molecular weight is 647 g/mol. The van der Waals surface area contributed by atoms with Gasteiger partial charge in [-0.15, -0.1) is 11.3 Å². The van der Waals surface area contributed by atoms with Gasteiger partial charge in [0.1, 0.15) is 22.8 Å². The van der Waals surface area contributed by atoms with Gasteiger partial charge >= 0.3 is 0 Å². The first kappa shape index (κ1) is 28.6. The number of hydrogen-bond acceptors (Lipinski definition) is 6. The quantitative estimate of drug-likeness (QED) is 0.106. The number of fused-ring (bicyclic) bond motifs is 4. The zero-order chi connectivity index (χ0) is 32.4. The van der Waals surface area contributed by atoms with Crippen molar-refractivity contribution in [3.05, 3.63) is 149 Å². The molecule has 0 radical (unpaired) electrons. The average Bonchev–Trinajstić information content (AvgIpc) is 3.70. The number of pyridine rings is 1. The Bertz CT molecular complexity index is 2340. The number of hydrogen-bond donors (Lipinski definition) is 0. The molecule has 228 valence electrons. The summed E-state index contributed by atoms with van der Waals surface area (Å²) in [7, 11) is 0. The summed E-state index contributed by atoms with van der Waals surface area (Å²) in [5.41, 5.74) is 3.99. The number of allylic oxidation sites excluding steroid dienone is 1. The van der Waals surface area contributed by atoms with Gasteiger partial charge in [-0.3, -0.25) is 14.6 Å². The summed E-state index contributed by atoms with van der Waals surface area (Å²) in [5.74, 6) is -4.48. The number of benzene rings is 4. The number of aromatic nitrogens is 1. The highest BCUT2D eigenvalue weighted by molar-refractivity contribution is 7.23. The molecule has 0 bridgehead atoms. The highest BCUT2D eigenvalue weighted by atomic mass is 32.1. The molecular weight excluding hydrogens is 628 g/mol. The minimum atomic E-state index is -1.19. The van der Waals surface area contributed by atoms with Gasteiger partial charge in [0.2, 0.25) is 0 Å². The van der Waals surface area contributed by atoms with Crippen LogP contribution in [0.3, 0.4) is 0 Å². The molecule has 0 saturated heterocycles. The molecule has 0 spiro atoms. The van der Waals surface area contributed by atoms with Crippen LogP contribution in [0.25, 0.3) is 37.8 Å². The van der Waals surface area contributed by atoms with Crippen LogP contribution in [0, 0.1) is 23.3 Å². The summed E-state index contributed by atoms with van der Waals surface area (Å²) < 4.78 is 62.0. The second-order valence-electron chi connectivity index (χ2n) is 10.9. The van der Waals surface area contributed by atoms with Crippen molar-refractivity contribution in [1.29, 1.82) is 0 Å². The normalized spacial score (nSPS) is 12.7. The van der Waals surface area contributed by atoms with E-state index in [1.165, 1.54) is 41.7 Å². The van der Waals surface area contributed by atoms with Gasteiger partial charge in [0.25, 0.3) is 0 Å². The van der Waals surface area contributed by atoms with E-state index in [9.17, 15) is 27.2 Å². The maximum Gasteiger partial charge on any atom is 0.197 e. The molecule has 1 aliphatic rings. The van der Waals surface area contributed by atoms with Crippen molar-refractivity contribution in [2.24, 2.45) is 0 Å². The van der Waals surface area contributed by atoms with Crippen molar-refractivity contribution in [2.75, 3.05) is 4.90 Å². The van der Waals surface area contributed by atoms with E-state index in [0.29, 0.717) is 28.2 Å². The molecule has 0 aliphatic heterocycles. The van der Waals surface area contributed by atoms with Crippen molar-refractivity contribution in [3.63, 3.8) is 0 Å². The smallest absolute Gasteiger partial charge is 0.197 e. The lowest BCUT2D eigenvalue weighted by atomic mass is 10.1. The number of anilines is 3. The SMILES string of the molecule is O=C1C(=Cc2ccc(-c3cc4oc5cc(N(c6ccc(F)cc6)c6ccc(F)cc6)ccc5c4s3)cn2)C(=O)c2cc(F)c(F)cc21. The van der Waals surface area contributed by atoms with Crippen molar-refractivity contribution in [2.45, 2.75) is 0 Å². The topological polar surface area (TPSA) is 63.4 Å². The van der Waals surface area contributed by atoms with Gasteiger partial charge in [0, 0.05) is 62.3 Å². The summed E-state index contributed by atoms with van der Waals surface area (Å²) >= 11 is 1.51. The molecule has 3 heterocycles. The lowest BCUT2D eigenvalue weighted by Crippen LogP contribution is -2.09. The molecule has 5 nitrogen and oxygen atoms in total. The Morgan fingerprint density at radius 1 is 0.660 bits per heavy atom. The molecular formula is C37H18F4N2O3S. The third kappa shape index (κ3) is 4.90. The minimum Gasteiger partial charge on any atom is -0.455 e. The first-order chi connectivity index (χ1) is 22.7. The number of rotatable bonds is 5. The zero-order valence-electron chi connectivity index (χ0n) is 23.9. The third-order valence-electron chi connectivity index (χ3n) is 7.96. The largest absolute Gasteiger partial charge is 0.455 e. The van der Waals surface area contributed by atoms with Crippen LogP contribution in [0.4, 0.5) is 34.6 Å². The van der Waals surface area contributed by atoms with Gasteiger partial charge < -0.3 is 9.32 Å². The Hall–Kier alpha value is -5.87. The summed E-state index contributed by atoms with van der Waals surface area (Å²) in [5, 5.41) is 0.887. The van der Waals surface area contributed by atoms with E-state index < -0.39 is 23.2 Å². The lowest BCUT2D eigenvalue weighted by molar-refractivity contribution is 0.0990. The van der Waals surface area contributed by atoms with Gasteiger partial charge in [0.05, 0.1) is 16.0 Å². The van der Waals surface area contributed by atoms with E-state index in [1.807, 2.05) is 29.2 Å². The van der Waals surface area contributed by atoms with E-state index in [-0.39, 0.29) is 28.3 Å². The monoisotopic (exact) mass is 646 g/mol. The Morgan fingerprint density at radius 2 is 1.26 bits per heavy atom.